The Bertz CT molecular complexity index is 383. The number of rotatable bonds is 2. The molecule has 1 rings (SSSR count). The highest BCUT2D eigenvalue weighted by molar-refractivity contribution is 9.10. The van der Waals surface area contributed by atoms with Crippen molar-refractivity contribution in [1.29, 1.82) is 0 Å². The van der Waals surface area contributed by atoms with Crippen LogP contribution in [0.3, 0.4) is 0 Å². The second-order valence-corrected chi connectivity index (χ2v) is 3.21. The van der Waals surface area contributed by atoms with E-state index in [2.05, 4.69) is 20.9 Å². The lowest BCUT2D eigenvalue weighted by Crippen LogP contribution is -2.17. The molecule has 0 unspecified atom stereocenters. The quantitative estimate of drug-likeness (QED) is 0.835. The lowest BCUT2D eigenvalue weighted by atomic mass is 10.2. The molecule has 14 heavy (non-hydrogen) atoms. The molecular weight excluding hydrogens is 265 g/mol. The van der Waals surface area contributed by atoms with Crippen molar-refractivity contribution >= 4 is 21.8 Å². The Hall–Kier alpha value is -1.11. The summed E-state index contributed by atoms with van der Waals surface area (Å²) in [5.41, 5.74) is 3.31. The summed E-state index contributed by atoms with van der Waals surface area (Å²) in [6.45, 7) is 0. The average Bonchev–Trinajstić information content (AvgIpc) is 2.01. The topological polar surface area (TPSA) is 56.0 Å². The Balaban J connectivity index is 3.44. The molecule has 3 nitrogen and oxygen atoms in total. The van der Waals surface area contributed by atoms with E-state index in [-0.39, 0.29) is 4.47 Å². The van der Waals surface area contributed by atoms with Crippen LogP contribution in [-0.2, 0) is 0 Å². The van der Waals surface area contributed by atoms with Crippen molar-refractivity contribution in [2.75, 3.05) is 0 Å². The molecule has 0 aliphatic heterocycles. The first kappa shape index (κ1) is 11.0. The zero-order valence-corrected chi connectivity index (χ0v) is 8.19. The van der Waals surface area contributed by atoms with Gasteiger partial charge in [0.2, 0.25) is 5.95 Å². The highest BCUT2D eigenvalue weighted by Gasteiger charge is 2.22. The van der Waals surface area contributed by atoms with Crippen LogP contribution >= 0.6 is 15.9 Å². The van der Waals surface area contributed by atoms with Gasteiger partial charge in [0.05, 0.1) is 5.56 Å². The SMILES string of the molecule is NC(=O)c1nc(F)cc(Br)c1C(F)F. The molecule has 0 aliphatic rings. The molecule has 1 heterocycles. The summed E-state index contributed by atoms with van der Waals surface area (Å²) in [5, 5.41) is 0. The van der Waals surface area contributed by atoms with Gasteiger partial charge >= 0.3 is 0 Å². The number of amides is 1. The van der Waals surface area contributed by atoms with Gasteiger partial charge in [-0.3, -0.25) is 4.79 Å². The van der Waals surface area contributed by atoms with Crippen molar-refractivity contribution in [3.8, 4) is 0 Å². The molecule has 0 saturated carbocycles. The fraction of sp³-hybridized carbons (Fsp3) is 0.143. The number of aromatic nitrogens is 1. The predicted molar refractivity (Wildman–Crippen MR) is 45.4 cm³/mol. The largest absolute Gasteiger partial charge is 0.364 e. The van der Waals surface area contributed by atoms with Gasteiger partial charge in [-0.15, -0.1) is 0 Å². The van der Waals surface area contributed by atoms with E-state index in [1.807, 2.05) is 0 Å². The summed E-state index contributed by atoms with van der Waals surface area (Å²) in [5.74, 6) is -2.24. The van der Waals surface area contributed by atoms with E-state index >= 15 is 0 Å². The summed E-state index contributed by atoms with van der Waals surface area (Å²) in [4.78, 5) is 13.7. The lowest BCUT2D eigenvalue weighted by molar-refractivity contribution is 0.0978. The van der Waals surface area contributed by atoms with E-state index in [1.54, 1.807) is 0 Å². The van der Waals surface area contributed by atoms with Gasteiger partial charge in [0.15, 0.2) is 0 Å². The number of halogens is 4. The normalized spacial score (nSPS) is 10.6. The number of carbonyl (C=O) groups is 1. The maximum Gasteiger partial charge on any atom is 0.267 e. The van der Waals surface area contributed by atoms with Crippen molar-refractivity contribution in [3.05, 3.63) is 27.7 Å². The van der Waals surface area contributed by atoms with Gasteiger partial charge < -0.3 is 5.73 Å². The van der Waals surface area contributed by atoms with E-state index in [1.165, 1.54) is 0 Å². The van der Waals surface area contributed by atoms with E-state index in [0.29, 0.717) is 0 Å². The molecule has 0 radical (unpaired) electrons. The standard InChI is InChI=1S/C7H4BrF3N2O/c8-2-1-3(9)13-5(7(12)14)4(2)6(10)11/h1,6H,(H2,12,14). The van der Waals surface area contributed by atoms with Gasteiger partial charge in [0.1, 0.15) is 5.69 Å². The molecule has 0 bridgehead atoms. The van der Waals surface area contributed by atoms with Crippen molar-refractivity contribution in [2.24, 2.45) is 5.73 Å². The van der Waals surface area contributed by atoms with Crippen molar-refractivity contribution < 1.29 is 18.0 Å². The number of hydrogen-bond acceptors (Lipinski definition) is 2. The fourth-order valence-corrected chi connectivity index (χ4v) is 1.44. The number of primary amides is 1. The monoisotopic (exact) mass is 268 g/mol. The molecule has 1 aromatic heterocycles. The van der Waals surface area contributed by atoms with Gasteiger partial charge in [-0.2, -0.15) is 4.39 Å². The highest BCUT2D eigenvalue weighted by atomic mass is 79.9. The Morgan fingerprint density at radius 2 is 2.14 bits per heavy atom. The minimum atomic E-state index is -2.94. The Labute approximate surface area is 85.2 Å². The van der Waals surface area contributed by atoms with Crippen LogP contribution in [-0.4, -0.2) is 10.9 Å². The van der Waals surface area contributed by atoms with E-state index in [9.17, 15) is 18.0 Å². The maximum absolute atomic E-state index is 12.6. The first-order valence-electron chi connectivity index (χ1n) is 3.37. The molecule has 0 fully saturated rings. The zero-order valence-electron chi connectivity index (χ0n) is 6.60. The molecule has 76 valence electrons. The average molecular weight is 269 g/mol. The number of alkyl halides is 2. The van der Waals surface area contributed by atoms with Crippen molar-refractivity contribution in [3.63, 3.8) is 0 Å². The fourth-order valence-electron chi connectivity index (χ4n) is 0.890. The van der Waals surface area contributed by atoms with Gasteiger partial charge in [-0.1, -0.05) is 15.9 Å². The smallest absolute Gasteiger partial charge is 0.267 e. The molecular formula is C7H4BrF3N2O. The molecule has 0 atom stereocenters. The van der Waals surface area contributed by atoms with Gasteiger partial charge in [-0.05, 0) is 0 Å². The lowest BCUT2D eigenvalue weighted by Gasteiger charge is -2.06. The van der Waals surface area contributed by atoms with Crippen LogP contribution in [0, 0.1) is 5.95 Å². The van der Waals surface area contributed by atoms with Crippen LogP contribution in [0.4, 0.5) is 13.2 Å². The summed E-state index contributed by atoms with van der Waals surface area (Å²) in [6.07, 6.45) is -2.94. The minimum absolute atomic E-state index is 0.228. The first-order chi connectivity index (χ1) is 6.43. The Morgan fingerprint density at radius 3 is 2.57 bits per heavy atom. The predicted octanol–water partition coefficient (Wildman–Crippen LogP) is 2.02. The third-order valence-electron chi connectivity index (χ3n) is 1.43. The molecule has 0 spiro atoms. The van der Waals surface area contributed by atoms with E-state index in [4.69, 9.17) is 5.73 Å². The molecule has 7 heteroatoms. The first-order valence-corrected chi connectivity index (χ1v) is 4.16. The Morgan fingerprint density at radius 1 is 1.57 bits per heavy atom. The van der Waals surface area contributed by atoms with Crippen LogP contribution in [0.15, 0.2) is 10.5 Å². The zero-order chi connectivity index (χ0) is 10.9. The molecule has 0 saturated heterocycles. The molecule has 0 aromatic carbocycles. The summed E-state index contributed by atoms with van der Waals surface area (Å²) in [6, 6.07) is 0.744. The maximum atomic E-state index is 12.6. The molecule has 1 aromatic rings. The third-order valence-corrected chi connectivity index (χ3v) is 2.08. The van der Waals surface area contributed by atoms with E-state index in [0.717, 1.165) is 6.07 Å². The minimum Gasteiger partial charge on any atom is -0.364 e. The van der Waals surface area contributed by atoms with Crippen LogP contribution in [0.1, 0.15) is 22.5 Å². The summed E-state index contributed by atoms with van der Waals surface area (Å²) >= 11 is 2.70. The summed E-state index contributed by atoms with van der Waals surface area (Å²) in [7, 11) is 0. The number of pyridine rings is 1. The van der Waals surface area contributed by atoms with Gasteiger partial charge in [-0.25, -0.2) is 13.8 Å². The van der Waals surface area contributed by atoms with E-state index < -0.39 is 29.5 Å². The molecule has 2 N–H and O–H groups in total. The summed E-state index contributed by atoms with van der Waals surface area (Å²) < 4.78 is 37.2. The van der Waals surface area contributed by atoms with Crippen LogP contribution < -0.4 is 5.73 Å². The second-order valence-electron chi connectivity index (χ2n) is 2.35. The van der Waals surface area contributed by atoms with Crippen LogP contribution in [0.25, 0.3) is 0 Å². The second kappa shape index (κ2) is 3.95. The Kier molecular flexibility index (Phi) is 3.10. The number of nitrogens with zero attached hydrogens (tertiary/aromatic N) is 1. The molecule has 1 amide bonds. The van der Waals surface area contributed by atoms with Crippen LogP contribution in [0.2, 0.25) is 0 Å². The number of nitrogens with two attached hydrogens (primary N) is 1. The van der Waals surface area contributed by atoms with Crippen molar-refractivity contribution in [1.82, 2.24) is 4.98 Å². The van der Waals surface area contributed by atoms with Gasteiger partial charge in [0, 0.05) is 10.5 Å². The van der Waals surface area contributed by atoms with Gasteiger partial charge in [0.25, 0.3) is 12.3 Å². The highest BCUT2D eigenvalue weighted by Crippen LogP contribution is 2.29. The number of carbonyl (C=O) groups excluding carboxylic acids is 1. The number of hydrogen-bond donors (Lipinski definition) is 1. The molecule has 0 aliphatic carbocycles. The van der Waals surface area contributed by atoms with Crippen LogP contribution in [0.5, 0.6) is 0 Å². The third kappa shape index (κ3) is 2.03. The van der Waals surface area contributed by atoms with Crippen molar-refractivity contribution in [2.45, 2.75) is 6.43 Å².